The number of aromatic nitrogens is 1. The van der Waals surface area contributed by atoms with Crippen molar-refractivity contribution in [3.63, 3.8) is 0 Å². The summed E-state index contributed by atoms with van der Waals surface area (Å²) in [5.41, 5.74) is 2.95. The highest BCUT2D eigenvalue weighted by Crippen LogP contribution is 2.33. The SMILES string of the molecule is COc1ccc2nccc(C(O)CC[C@@H]3CCN(CCCc4ccccc4)C[C@@H]3C(=O)O)c2c1.Cl. The molecule has 1 aliphatic heterocycles. The van der Waals surface area contributed by atoms with Crippen LogP contribution in [0.1, 0.15) is 42.9 Å². The zero-order valence-corrected chi connectivity index (χ0v) is 21.0. The molecule has 0 saturated carbocycles. The van der Waals surface area contributed by atoms with Crippen LogP contribution in [0.4, 0.5) is 0 Å². The van der Waals surface area contributed by atoms with E-state index in [1.165, 1.54) is 5.56 Å². The zero-order valence-electron chi connectivity index (χ0n) is 20.2. The second-order valence-corrected chi connectivity index (χ2v) is 9.26. The minimum atomic E-state index is -0.730. The number of carboxylic acids is 1. The Bertz CT molecular complexity index is 1090. The number of hydrogen-bond acceptors (Lipinski definition) is 5. The number of aliphatic hydroxyl groups excluding tert-OH is 1. The number of rotatable bonds is 10. The summed E-state index contributed by atoms with van der Waals surface area (Å²) < 4.78 is 5.34. The van der Waals surface area contributed by atoms with E-state index in [2.05, 4.69) is 34.1 Å². The number of nitrogens with zero attached hydrogens (tertiary/aromatic N) is 2. The van der Waals surface area contributed by atoms with Gasteiger partial charge in [0.1, 0.15) is 5.75 Å². The van der Waals surface area contributed by atoms with Crippen molar-refractivity contribution in [3.8, 4) is 5.75 Å². The predicted octanol–water partition coefficient (Wildman–Crippen LogP) is 5.13. The molecule has 2 aromatic carbocycles. The lowest BCUT2D eigenvalue weighted by molar-refractivity contribution is -0.146. The smallest absolute Gasteiger partial charge is 0.308 e. The summed E-state index contributed by atoms with van der Waals surface area (Å²) in [6.07, 6.45) is 5.13. The Kier molecular flexibility index (Phi) is 9.90. The number of hydrogen-bond donors (Lipinski definition) is 2. The molecule has 1 aromatic heterocycles. The van der Waals surface area contributed by atoms with E-state index >= 15 is 0 Å². The van der Waals surface area contributed by atoms with Crippen molar-refractivity contribution >= 4 is 29.3 Å². The summed E-state index contributed by atoms with van der Waals surface area (Å²) in [6.45, 7) is 2.41. The normalized spacial score (nSPS) is 19.1. The molecule has 1 fully saturated rings. The quantitative estimate of drug-likeness (QED) is 0.403. The van der Waals surface area contributed by atoms with Crippen LogP contribution in [0.15, 0.2) is 60.8 Å². The Morgan fingerprint density at radius 2 is 2.00 bits per heavy atom. The lowest BCUT2D eigenvalue weighted by atomic mass is 9.81. The van der Waals surface area contributed by atoms with Crippen LogP contribution in [0.5, 0.6) is 5.75 Å². The van der Waals surface area contributed by atoms with E-state index in [4.69, 9.17) is 4.74 Å². The first-order valence-electron chi connectivity index (χ1n) is 12.1. The molecule has 2 N–H and O–H groups in total. The maximum atomic E-state index is 12.1. The Morgan fingerprint density at radius 3 is 2.74 bits per heavy atom. The number of ether oxygens (including phenoxy) is 1. The van der Waals surface area contributed by atoms with Crippen LogP contribution in [0.2, 0.25) is 0 Å². The van der Waals surface area contributed by atoms with Crippen LogP contribution in [0, 0.1) is 11.8 Å². The molecule has 7 heteroatoms. The highest BCUT2D eigenvalue weighted by Gasteiger charge is 2.34. The second kappa shape index (κ2) is 12.9. The van der Waals surface area contributed by atoms with E-state index in [9.17, 15) is 15.0 Å². The average molecular weight is 499 g/mol. The molecule has 1 aliphatic rings. The van der Waals surface area contributed by atoms with Crippen molar-refractivity contribution in [2.75, 3.05) is 26.7 Å². The van der Waals surface area contributed by atoms with Crippen LogP contribution < -0.4 is 4.74 Å². The molecule has 0 aliphatic carbocycles. The fourth-order valence-corrected chi connectivity index (χ4v) is 5.14. The third-order valence-corrected chi connectivity index (χ3v) is 7.09. The van der Waals surface area contributed by atoms with Gasteiger partial charge in [0, 0.05) is 18.1 Å². The van der Waals surface area contributed by atoms with Crippen molar-refractivity contribution < 1.29 is 19.7 Å². The molecular weight excluding hydrogens is 464 g/mol. The summed E-state index contributed by atoms with van der Waals surface area (Å²) in [7, 11) is 1.62. The van der Waals surface area contributed by atoms with E-state index in [0.717, 1.165) is 54.6 Å². The first-order chi connectivity index (χ1) is 16.5. The molecule has 2 heterocycles. The van der Waals surface area contributed by atoms with E-state index in [1.807, 2.05) is 30.3 Å². The number of fused-ring (bicyclic) bond motifs is 1. The van der Waals surface area contributed by atoms with Gasteiger partial charge in [0.05, 0.1) is 24.6 Å². The Morgan fingerprint density at radius 1 is 1.20 bits per heavy atom. The maximum Gasteiger partial charge on any atom is 0.308 e. The Labute approximate surface area is 213 Å². The zero-order chi connectivity index (χ0) is 23.9. The number of aliphatic carboxylic acids is 1. The van der Waals surface area contributed by atoms with Crippen molar-refractivity contribution in [3.05, 3.63) is 71.9 Å². The Balaban J connectivity index is 0.00000342. The van der Waals surface area contributed by atoms with E-state index in [-0.39, 0.29) is 18.3 Å². The fourth-order valence-electron chi connectivity index (χ4n) is 5.14. The van der Waals surface area contributed by atoms with E-state index in [1.54, 1.807) is 13.3 Å². The second-order valence-electron chi connectivity index (χ2n) is 9.26. The Hall–Kier alpha value is -2.67. The molecule has 188 valence electrons. The van der Waals surface area contributed by atoms with Gasteiger partial charge in [-0.05, 0) is 86.5 Å². The number of carbonyl (C=O) groups is 1. The van der Waals surface area contributed by atoms with Crippen LogP contribution in [0.3, 0.4) is 0 Å². The van der Waals surface area contributed by atoms with E-state index in [0.29, 0.717) is 19.4 Å². The van der Waals surface area contributed by atoms with Gasteiger partial charge in [0.15, 0.2) is 0 Å². The number of benzene rings is 2. The third kappa shape index (κ3) is 6.94. The first-order valence-corrected chi connectivity index (χ1v) is 12.1. The summed E-state index contributed by atoms with van der Waals surface area (Å²) in [5, 5.41) is 21.8. The highest BCUT2D eigenvalue weighted by molar-refractivity contribution is 5.85. The van der Waals surface area contributed by atoms with Gasteiger partial charge in [-0.1, -0.05) is 30.3 Å². The molecular formula is C28H35ClN2O4. The summed E-state index contributed by atoms with van der Waals surface area (Å²) in [4.78, 5) is 18.7. The van der Waals surface area contributed by atoms with Gasteiger partial charge in [-0.2, -0.15) is 0 Å². The molecule has 3 aromatic rings. The van der Waals surface area contributed by atoms with Gasteiger partial charge in [-0.25, -0.2) is 0 Å². The van der Waals surface area contributed by atoms with Gasteiger partial charge in [-0.15, -0.1) is 12.4 Å². The van der Waals surface area contributed by atoms with Crippen LogP contribution in [-0.4, -0.2) is 52.8 Å². The molecule has 0 spiro atoms. The highest BCUT2D eigenvalue weighted by atomic mass is 35.5. The van der Waals surface area contributed by atoms with Crippen molar-refractivity contribution in [2.45, 2.75) is 38.2 Å². The largest absolute Gasteiger partial charge is 0.497 e. The lowest BCUT2D eigenvalue weighted by Gasteiger charge is -2.37. The average Bonchev–Trinajstić information content (AvgIpc) is 2.87. The van der Waals surface area contributed by atoms with Crippen molar-refractivity contribution in [1.82, 2.24) is 9.88 Å². The first kappa shape index (κ1) is 26.9. The van der Waals surface area contributed by atoms with Crippen LogP contribution in [0.25, 0.3) is 10.9 Å². The van der Waals surface area contributed by atoms with Crippen molar-refractivity contribution in [2.24, 2.45) is 11.8 Å². The molecule has 4 rings (SSSR count). The number of halogens is 1. The number of carboxylic acid groups (broad SMARTS) is 1. The molecule has 6 nitrogen and oxygen atoms in total. The molecule has 0 radical (unpaired) electrons. The molecule has 35 heavy (non-hydrogen) atoms. The predicted molar refractivity (Wildman–Crippen MR) is 140 cm³/mol. The summed E-state index contributed by atoms with van der Waals surface area (Å²) >= 11 is 0. The molecule has 1 unspecified atom stereocenters. The summed E-state index contributed by atoms with van der Waals surface area (Å²) in [5.74, 6) is -0.335. The van der Waals surface area contributed by atoms with Gasteiger partial charge in [0.25, 0.3) is 0 Å². The molecule has 0 bridgehead atoms. The summed E-state index contributed by atoms with van der Waals surface area (Å²) in [6, 6.07) is 17.9. The number of aryl methyl sites for hydroxylation is 1. The van der Waals surface area contributed by atoms with Gasteiger partial charge in [-0.3, -0.25) is 9.78 Å². The molecule has 3 atom stereocenters. The number of methoxy groups -OCH3 is 1. The number of aliphatic hydroxyl groups is 1. The number of piperidine rings is 1. The van der Waals surface area contributed by atoms with Crippen LogP contribution in [-0.2, 0) is 11.2 Å². The van der Waals surface area contributed by atoms with Gasteiger partial charge < -0.3 is 19.8 Å². The van der Waals surface area contributed by atoms with Gasteiger partial charge in [0.2, 0.25) is 0 Å². The van der Waals surface area contributed by atoms with E-state index < -0.39 is 18.0 Å². The van der Waals surface area contributed by atoms with Gasteiger partial charge >= 0.3 is 5.97 Å². The maximum absolute atomic E-state index is 12.1. The van der Waals surface area contributed by atoms with Crippen LogP contribution >= 0.6 is 12.4 Å². The fraction of sp³-hybridized carbons (Fsp3) is 0.429. The number of pyridine rings is 1. The molecule has 1 saturated heterocycles. The topological polar surface area (TPSA) is 82.9 Å². The minimum Gasteiger partial charge on any atom is -0.497 e. The lowest BCUT2D eigenvalue weighted by Crippen LogP contribution is -2.44. The minimum absolute atomic E-state index is 0. The third-order valence-electron chi connectivity index (χ3n) is 7.09. The monoisotopic (exact) mass is 498 g/mol. The standard InChI is InChI=1S/C28H34N2O4.ClH/c1-34-22-10-11-26-24(18-22)23(13-15-29-26)27(31)12-9-21-14-17-30(19-25(21)28(32)33)16-5-8-20-6-3-2-4-7-20;/h2-4,6-7,10-11,13,15,18,21,25,27,31H,5,8-9,12,14,16-17,19H2,1H3,(H,32,33);1H/t21-,25+,27?;/m1./s1. The number of likely N-dealkylation sites (tertiary alicyclic amines) is 1. The molecule has 0 amide bonds. The van der Waals surface area contributed by atoms with Crippen molar-refractivity contribution in [1.29, 1.82) is 0 Å².